The maximum Gasteiger partial charge on any atom is 0.175 e. The Labute approximate surface area is 164 Å². The average Bonchev–Trinajstić information content (AvgIpc) is 2.59. The van der Waals surface area contributed by atoms with Crippen molar-refractivity contribution >= 4 is 50.8 Å². The van der Waals surface area contributed by atoms with Crippen LogP contribution in [0.2, 0.25) is 5.02 Å². The van der Waals surface area contributed by atoms with Gasteiger partial charge in [-0.05, 0) is 57.4 Å². The SMILES string of the molecule is COc1cc(C=C(C#N)C(N)=S)cc(Br)c1OCc1ccc(Cl)cc1. The van der Waals surface area contributed by atoms with Crippen LogP contribution >= 0.6 is 39.7 Å². The van der Waals surface area contributed by atoms with Gasteiger partial charge in [0.2, 0.25) is 0 Å². The van der Waals surface area contributed by atoms with Crippen molar-refractivity contribution in [2.24, 2.45) is 5.73 Å². The minimum atomic E-state index is 0.0423. The molecule has 0 fully saturated rings. The van der Waals surface area contributed by atoms with Gasteiger partial charge in [0.05, 0.1) is 17.2 Å². The molecule has 0 saturated carbocycles. The second-order valence-electron chi connectivity index (χ2n) is 4.98. The number of rotatable bonds is 6. The highest BCUT2D eigenvalue weighted by Crippen LogP contribution is 2.37. The van der Waals surface area contributed by atoms with E-state index in [0.29, 0.717) is 33.2 Å². The summed E-state index contributed by atoms with van der Waals surface area (Å²) in [4.78, 5) is 0.0423. The van der Waals surface area contributed by atoms with Crippen LogP contribution < -0.4 is 15.2 Å². The minimum absolute atomic E-state index is 0.0423. The van der Waals surface area contributed by atoms with Crippen molar-refractivity contribution < 1.29 is 9.47 Å². The van der Waals surface area contributed by atoms with Crippen LogP contribution in [-0.4, -0.2) is 12.1 Å². The molecule has 0 heterocycles. The lowest BCUT2D eigenvalue weighted by molar-refractivity contribution is 0.282. The van der Waals surface area contributed by atoms with Crippen LogP contribution in [0.5, 0.6) is 11.5 Å². The van der Waals surface area contributed by atoms with E-state index in [0.717, 1.165) is 5.56 Å². The topological polar surface area (TPSA) is 68.3 Å². The first-order valence-corrected chi connectivity index (χ1v) is 8.69. The predicted octanol–water partition coefficient (Wildman–Crippen LogP) is 4.88. The Balaban J connectivity index is 2.29. The molecule has 0 aliphatic carbocycles. The molecule has 128 valence electrons. The van der Waals surface area contributed by atoms with Crippen molar-refractivity contribution in [3.8, 4) is 17.6 Å². The van der Waals surface area contributed by atoms with E-state index in [9.17, 15) is 0 Å². The number of hydrogen-bond acceptors (Lipinski definition) is 4. The molecule has 25 heavy (non-hydrogen) atoms. The highest BCUT2D eigenvalue weighted by atomic mass is 79.9. The zero-order valence-electron chi connectivity index (χ0n) is 13.3. The number of ether oxygens (including phenoxy) is 2. The fourth-order valence-electron chi connectivity index (χ4n) is 2.02. The quantitative estimate of drug-likeness (QED) is 0.396. The maximum atomic E-state index is 9.08. The van der Waals surface area contributed by atoms with Gasteiger partial charge in [0.25, 0.3) is 0 Å². The van der Waals surface area contributed by atoms with Gasteiger partial charge in [0, 0.05) is 5.02 Å². The lowest BCUT2D eigenvalue weighted by Gasteiger charge is -2.14. The molecule has 2 rings (SSSR count). The van der Waals surface area contributed by atoms with E-state index in [1.54, 1.807) is 37.5 Å². The third-order valence-corrected chi connectivity index (χ3v) is 4.31. The molecule has 0 aromatic heterocycles. The molecule has 7 heteroatoms. The summed E-state index contributed by atoms with van der Waals surface area (Å²) >= 11 is 14.2. The Morgan fingerprint density at radius 1 is 1.36 bits per heavy atom. The van der Waals surface area contributed by atoms with Gasteiger partial charge in [-0.2, -0.15) is 5.26 Å². The monoisotopic (exact) mass is 436 g/mol. The zero-order chi connectivity index (χ0) is 18.4. The van der Waals surface area contributed by atoms with Gasteiger partial charge in [-0.25, -0.2) is 0 Å². The number of nitrogens with zero attached hydrogens (tertiary/aromatic N) is 1. The molecular weight excluding hydrogens is 424 g/mol. The van der Waals surface area contributed by atoms with E-state index >= 15 is 0 Å². The van der Waals surface area contributed by atoms with Gasteiger partial charge >= 0.3 is 0 Å². The Morgan fingerprint density at radius 3 is 2.60 bits per heavy atom. The van der Waals surface area contributed by atoms with Gasteiger partial charge in [0.1, 0.15) is 17.7 Å². The number of nitrogens with two attached hydrogens (primary N) is 1. The first kappa shape index (κ1) is 19.3. The van der Waals surface area contributed by atoms with Gasteiger partial charge in [-0.1, -0.05) is 36.0 Å². The molecule has 0 radical (unpaired) electrons. The number of thiocarbonyl (C=S) groups is 1. The van der Waals surface area contributed by atoms with E-state index in [1.807, 2.05) is 18.2 Å². The molecule has 0 bridgehead atoms. The van der Waals surface area contributed by atoms with E-state index in [4.69, 9.17) is 44.3 Å². The van der Waals surface area contributed by atoms with Gasteiger partial charge in [0.15, 0.2) is 11.5 Å². The van der Waals surface area contributed by atoms with E-state index < -0.39 is 0 Å². The van der Waals surface area contributed by atoms with E-state index in [-0.39, 0.29) is 10.6 Å². The summed E-state index contributed by atoms with van der Waals surface area (Å²) < 4.78 is 12.0. The summed E-state index contributed by atoms with van der Waals surface area (Å²) in [6.07, 6.45) is 1.60. The van der Waals surface area contributed by atoms with Crippen molar-refractivity contribution in [2.45, 2.75) is 6.61 Å². The highest BCUT2D eigenvalue weighted by molar-refractivity contribution is 9.10. The van der Waals surface area contributed by atoms with Crippen molar-refractivity contribution in [2.75, 3.05) is 7.11 Å². The van der Waals surface area contributed by atoms with Gasteiger partial charge < -0.3 is 15.2 Å². The molecule has 2 N–H and O–H groups in total. The van der Waals surface area contributed by atoms with Crippen LogP contribution in [0.15, 0.2) is 46.4 Å². The highest BCUT2D eigenvalue weighted by Gasteiger charge is 2.12. The average molecular weight is 438 g/mol. The van der Waals surface area contributed by atoms with Crippen molar-refractivity contribution in [3.05, 3.63) is 62.6 Å². The zero-order valence-corrected chi connectivity index (χ0v) is 16.4. The number of halogens is 2. The molecule has 0 unspecified atom stereocenters. The number of hydrogen-bond donors (Lipinski definition) is 1. The molecule has 0 aliphatic rings. The van der Waals surface area contributed by atoms with Crippen LogP contribution in [0.3, 0.4) is 0 Å². The largest absolute Gasteiger partial charge is 0.493 e. The lowest BCUT2D eigenvalue weighted by Crippen LogP contribution is -2.09. The molecule has 2 aromatic rings. The molecular formula is C18H14BrClN2O2S. The summed E-state index contributed by atoms with van der Waals surface area (Å²) in [5.41, 5.74) is 7.43. The third kappa shape index (κ3) is 5.20. The molecule has 0 aliphatic heterocycles. The number of methoxy groups -OCH3 is 1. The fourth-order valence-corrected chi connectivity index (χ4v) is 2.83. The first-order valence-electron chi connectivity index (χ1n) is 7.11. The van der Waals surface area contributed by atoms with Crippen molar-refractivity contribution in [3.63, 3.8) is 0 Å². The molecule has 0 amide bonds. The molecule has 0 atom stereocenters. The maximum absolute atomic E-state index is 9.08. The Bertz CT molecular complexity index is 861. The van der Waals surface area contributed by atoms with E-state index in [2.05, 4.69) is 15.9 Å². The molecule has 0 spiro atoms. The Morgan fingerprint density at radius 2 is 2.04 bits per heavy atom. The van der Waals surface area contributed by atoms with Crippen LogP contribution in [0.1, 0.15) is 11.1 Å². The summed E-state index contributed by atoms with van der Waals surface area (Å²) in [6, 6.07) is 12.9. The second-order valence-corrected chi connectivity index (χ2v) is 6.71. The van der Waals surface area contributed by atoms with E-state index in [1.165, 1.54) is 0 Å². The van der Waals surface area contributed by atoms with Crippen LogP contribution in [0.25, 0.3) is 6.08 Å². The molecule has 4 nitrogen and oxygen atoms in total. The lowest BCUT2D eigenvalue weighted by atomic mass is 10.1. The van der Waals surface area contributed by atoms with Crippen molar-refractivity contribution in [1.29, 1.82) is 5.26 Å². The van der Waals surface area contributed by atoms with Gasteiger partial charge in [-0.3, -0.25) is 0 Å². The summed E-state index contributed by atoms with van der Waals surface area (Å²) in [7, 11) is 1.54. The van der Waals surface area contributed by atoms with Crippen molar-refractivity contribution in [1.82, 2.24) is 0 Å². The fraction of sp³-hybridized carbons (Fsp3) is 0.111. The normalized spacial score (nSPS) is 10.9. The Kier molecular flexibility index (Phi) is 6.82. The second kappa shape index (κ2) is 8.86. The molecule has 2 aromatic carbocycles. The van der Waals surface area contributed by atoms with Crippen LogP contribution in [-0.2, 0) is 6.61 Å². The summed E-state index contributed by atoms with van der Waals surface area (Å²) in [5, 5.41) is 9.75. The third-order valence-electron chi connectivity index (χ3n) is 3.25. The standard InChI is InChI=1S/C18H14BrClN2O2S/c1-23-16-8-12(6-13(9-21)18(22)25)7-15(19)17(16)24-10-11-2-4-14(20)5-3-11/h2-8H,10H2,1H3,(H2,22,25). The smallest absolute Gasteiger partial charge is 0.175 e. The summed E-state index contributed by atoms with van der Waals surface area (Å²) in [5.74, 6) is 1.08. The van der Waals surface area contributed by atoms with Gasteiger partial charge in [-0.15, -0.1) is 0 Å². The first-order chi connectivity index (χ1) is 11.9. The predicted molar refractivity (Wildman–Crippen MR) is 107 cm³/mol. The Hall–Kier alpha value is -2.07. The minimum Gasteiger partial charge on any atom is -0.493 e. The summed E-state index contributed by atoms with van der Waals surface area (Å²) in [6.45, 7) is 0.359. The molecule has 0 saturated heterocycles. The van der Waals surface area contributed by atoms with Crippen LogP contribution in [0, 0.1) is 11.3 Å². The van der Waals surface area contributed by atoms with Crippen LogP contribution in [0.4, 0.5) is 0 Å². The number of benzene rings is 2. The number of nitriles is 1.